The van der Waals surface area contributed by atoms with Crippen LogP contribution in [0.15, 0.2) is 0 Å². The number of carbonyl (C=O) groups excluding carboxylic acids is 1. The zero-order valence-corrected chi connectivity index (χ0v) is 11.1. The zero-order chi connectivity index (χ0) is 13.8. The molecule has 0 bridgehead atoms. The maximum atomic E-state index is 12.2. The fourth-order valence-corrected chi connectivity index (χ4v) is 1.85. The first-order valence-corrected chi connectivity index (χ1v) is 6.03. The Morgan fingerprint density at radius 2 is 1.89 bits per heavy atom. The minimum Gasteiger partial charge on any atom is -0.465 e. The van der Waals surface area contributed by atoms with Gasteiger partial charge in [0.05, 0.1) is 5.41 Å². The second-order valence-electron chi connectivity index (χ2n) is 5.55. The van der Waals surface area contributed by atoms with Gasteiger partial charge < -0.3 is 19.9 Å². The molecule has 18 heavy (non-hydrogen) atoms. The third-order valence-electron chi connectivity index (χ3n) is 2.86. The molecule has 0 aliphatic carbocycles. The van der Waals surface area contributed by atoms with Crippen LogP contribution in [0, 0.1) is 5.41 Å². The summed E-state index contributed by atoms with van der Waals surface area (Å²) in [6.07, 6.45) is -0.186. The van der Waals surface area contributed by atoms with E-state index in [1.807, 2.05) is 0 Å². The highest BCUT2D eigenvalue weighted by atomic mass is 16.6. The van der Waals surface area contributed by atoms with E-state index in [1.165, 1.54) is 0 Å². The Balaban J connectivity index is 2.76. The number of carboxylic acid groups (broad SMARTS) is 1. The van der Waals surface area contributed by atoms with E-state index in [4.69, 9.17) is 14.6 Å². The highest BCUT2D eigenvalue weighted by molar-refractivity contribution is 5.78. The lowest BCUT2D eigenvalue weighted by molar-refractivity contribution is -0.173. The summed E-state index contributed by atoms with van der Waals surface area (Å²) >= 11 is 0. The van der Waals surface area contributed by atoms with Gasteiger partial charge in [-0.2, -0.15) is 0 Å². The molecule has 0 aromatic heterocycles. The molecule has 0 radical (unpaired) electrons. The van der Waals surface area contributed by atoms with E-state index < -0.39 is 17.1 Å². The molecule has 1 fully saturated rings. The fraction of sp³-hybridized carbons (Fsp3) is 0.833. The standard InChI is InChI=1S/C12H21NO5/c1-11(2,3)18-9(14)12(8-13-10(15)16)4-6-17-7-5-12/h13H,4-8H2,1-3H3,(H,15,16). The highest BCUT2D eigenvalue weighted by Gasteiger charge is 2.43. The number of rotatable bonds is 3. The van der Waals surface area contributed by atoms with Gasteiger partial charge in [-0.15, -0.1) is 0 Å². The summed E-state index contributed by atoms with van der Waals surface area (Å²) < 4.78 is 10.6. The lowest BCUT2D eigenvalue weighted by Gasteiger charge is -2.36. The van der Waals surface area contributed by atoms with Crippen LogP contribution in [-0.4, -0.2) is 42.5 Å². The molecular weight excluding hydrogens is 238 g/mol. The molecule has 0 atom stereocenters. The third kappa shape index (κ3) is 4.18. The first-order chi connectivity index (χ1) is 8.25. The summed E-state index contributed by atoms with van der Waals surface area (Å²) in [6.45, 7) is 6.34. The third-order valence-corrected chi connectivity index (χ3v) is 2.86. The van der Waals surface area contributed by atoms with Gasteiger partial charge in [-0.3, -0.25) is 4.79 Å². The largest absolute Gasteiger partial charge is 0.465 e. The summed E-state index contributed by atoms with van der Waals surface area (Å²) in [5, 5.41) is 11.0. The molecule has 6 heteroatoms. The number of hydrogen-bond donors (Lipinski definition) is 2. The molecule has 1 rings (SSSR count). The number of nitrogens with one attached hydrogen (secondary N) is 1. The molecule has 1 heterocycles. The summed E-state index contributed by atoms with van der Waals surface area (Å²) in [7, 11) is 0. The van der Waals surface area contributed by atoms with Crippen molar-refractivity contribution in [1.82, 2.24) is 5.32 Å². The molecule has 2 N–H and O–H groups in total. The maximum Gasteiger partial charge on any atom is 0.404 e. The number of ether oxygens (including phenoxy) is 2. The van der Waals surface area contributed by atoms with E-state index in [9.17, 15) is 9.59 Å². The molecule has 1 amide bonds. The van der Waals surface area contributed by atoms with E-state index in [0.29, 0.717) is 26.1 Å². The summed E-state index contributed by atoms with van der Waals surface area (Å²) in [6, 6.07) is 0. The Bertz CT molecular complexity index is 315. The first-order valence-electron chi connectivity index (χ1n) is 6.03. The van der Waals surface area contributed by atoms with Gasteiger partial charge in [0.1, 0.15) is 5.60 Å². The Morgan fingerprint density at radius 3 is 2.33 bits per heavy atom. The molecule has 6 nitrogen and oxygen atoms in total. The van der Waals surface area contributed by atoms with Gasteiger partial charge in [-0.1, -0.05) is 0 Å². The van der Waals surface area contributed by atoms with E-state index in [2.05, 4.69) is 5.32 Å². The average Bonchev–Trinajstić information content (AvgIpc) is 2.25. The van der Waals surface area contributed by atoms with Gasteiger partial charge in [0.25, 0.3) is 0 Å². The van der Waals surface area contributed by atoms with Crippen LogP contribution in [0.4, 0.5) is 4.79 Å². The van der Waals surface area contributed by atoms with Crippen LogP contribution in [0.5, 0.6) is 0 Å². The van der Waals surface area contributed by atoms with Crippen molar-refractivity contribution < 1.29 is 24.2 Å². The normalized spacial score (nSPS) is 19.1. The van der Waals surface area contributed by atoms with Crippen LogP contribution in [0.2, 0.25) is 0 Å². The Labute approximate surface area is 107 Å². The van der Waals surface area contributed by atoms with Crippen LogP contribution < -0.4 is 5.32 Å². The monoisotopic (exact) mass is 259 g/mol. The molecule has 0 unspecified atom stereocenters. The van der Waals surface area contributed by atoms with E-state index in [0.717, 1.165) is 0 Å². The number of esters is 1. The van der Waals surface area contributed by atoms with E-state index >= 15 is 0 Å². The van der Waals surface area contributed by atoms with Gasteiger partial charge >= 0.3 is 12.1 Å². The predicted octanol–water partition coefficient (Wildman–Crippen LogP) is 1.39. The van der Waals surface area contributed by atoms with Crippen molar-refractivity contribution in [3.63, 3.8) is 0 Å². The van der Waals surface area contributed by atoms with Gasteiger partial charge in [-0.25, -0.2) is 4.79 Å². The van der Waals surface area contributed by atoms with E-state index in [-0.39, 0.29) is 12.5 Å². The van der Waals surface area contributed by atoms with Crippen LogP contribution >= 0.6 is 0 Å². The molecule has 0 spiro atoms. The molecule has 1 saturated heterocycles. The van der Waals surface area contributed by atoms with Crippen LogP contribution in [-0.2, 0) is 14.3 Å². The minimum absolute atomic E-state index is 0.0700. The maximum absolute atomic E-state index is 12.2. The summed E-state index contributed by atoms with van der Waals surface area (Å²) in [5.74, 6) is -0.355. The fourth-order valence-electron chi connectivity index (χ4n) is 1.85. The van der Waals surface area contributed by atoms with Gasteiger partial charge in [0, 0.05) is 19.8 Å². The summed E-state index contributed by atoms with van der Waals surface area (Å²) in [4.78, 5) is 22.8. The lowest BCUT2D eigenvalue weighted by atomic mass is 9.80. The predicted molar refractivity (Wildman–Crippen MR) is 64.4 cm³/mol. The van der Waals surface area contributed by atoms with Crippen LogP contribution in [0.3, 0.4) is 0 Å². The summed E-state index contributed by atoms with van der Waals surface area (Å²) in [5.41, 5.74) is -1.38. The van der Waals surface area contributed by atoms with Crippen molar-refractivity contribution in [3.05, 3.63) is 0 Å². The Hall–Kier alpha value is -1.30. The van der Waals surface area contributed by atoms with Gasteiger partial charge in [-0.05, 0) is 33.6 Å². The number of hydrogen-bond acceptors (Lipinski definition) is 4. The molecule has 0 saturated carbocycles. The molecular formula is C12H21NO5. The minimum atomic E-state index is -1.13. The second-order valence-corrected chi connectivity index (χ2v) is 5.55. The van der Waals surface area contributed by atoms with Crippen molar-refractivity contribution in [2.75, 3.05) is 19.8 Å². The van der Waals surface area contributed by atoms with Crippen LogP contribution in [0.1, 0.15) is 33.6 Å². The lowest BCUT2D eigenvalue weighted by Crippen LogP contribution is -2.48. The van der Waals surface area contributed by atoms with Gasteiger partial charge in [0.15, 0.2) is 0 Å². The molecule has 0 aromatic carbocycles. The Kier molecular flexibility index (Phi) is 4.56. The Morgan fingerprint density at radius 1 is 1.33 bits per heavy atom. The van der Waals surface area contributed by atoms with Crippen molar-refractivity contribution in [2.24, 2.45) is 5.41 Å². The molecule has 1 aliphatic heterocycles. The van der Waals surface area contributed by atoms with Crippen molar-refractivity contribution in [3.8, 4) is 0 Å². The topological polar surface area (TPSA) is 84.9 Å². The van der Waals surface area contributed by atoms with Crippen molar-refractivity contribution in [2.45, 2.75) is 39.2 Å². The SMILES string of the molecule is CC(C)(C)OC(=O)C1(CNC(=O)O)CCOCC1. The number of carbonyl (C=O) groups is 2. The van der Waals surface area contributed by atoms with Crippen molar-refractivity contribution >= 4 is 12.1 Å². The van der Waals surface area contributed by atoms with Crippen LogP contribution in [0.25, 0.3) is 0 Å². The van der Waals surface area contributed by atoms with E-state index in [1.54, 1.807) is 20.8 Å². The molecule has 0 aromatic rings. The first kappa shape index (κ1) is 14.8. The number of amides is 1. The van der Waals surface area contributed by atoms with Gasteiger partial charge in [0.2, 0.25) is 0 Å². The molecule has 104 valence electrons. The highest BCUT2D eigenvalue weighted by Crippen LogP contribution is 2.33. The molecule has 1 aliphatic rings. The quantitative estimate of drug-likeness (QED) is 0.748. The van der Waals surface area contributed by atoms with Crippen molar-refractivity contribution in [1.29, 1.82) is 0 Å². The average molecular weight is 259 g/mol. The zero-order valence-electron chi connectivity index (χ0n) is 11.1. The smallest absolute Gasteiger partial charge is 0.404 e. The second kappa shape index (κ2) is 5.56.